The van der Waals surface area contributed by atoms with Crippen LogP contribution in [0, 0.1) is 11.2 Å². The first-order valence-electron chi connectivity index (χ1n) is 5.24. The summed E-state index contributed by atoms with van der Waals surface area (Å²) in [6.45, 7) is 3.01. The maximum atomic E-state index is 13.7. The summed E-state index contributed by atoms with van der Waals surface area (Å²) in [4.78, 5) is 11.6. The van der Waals surface area contributed by atoms with Gasteiger partial charge in [-0.05, 0) is 26.0 Å². The number of rotatable bonds is 3. The Morgan fingerprint density at radius 2 is 2.11 bits per heavy atom. The molecule has 0 spiro atoms. The summed E-state index contributed by atoms with van der Waals surface area (Å²) in [5.41, 5.74) is 4.47. The van der Waals surface area contributed by atoms with Gasteiger partial charge in [0.15, 0.2) is 0 Å². The summed E-state index contributed by atoms with van der Waals surface area (Å²) in [5.74, 6) is -1.78. The van der Waals surface area contributed by atoms with Crippen molar-refractivity contribution in [1.82, 2.24) is 0 Å². The Hall–Kier alpha value is -1.33. The van der Waals surface area contributed by atoms with Gasteiger partial charge in [-0.2, -0.15) is 0 Å². The van der Waals surface area contributed by atoms with Gasteiger partial charge in [0.1, 0.15) is 11.6 Å². The largest absolute Gasteiger partial charge is 0.506 e. The van der Waals surface area contributed by atoms with Crippen molar-refractivity contribution in [3.63, 3.8) is 0 Å². The fraction of sp³-hybridized carbons (Fsp3) is 0.417. The van der Waals surface area contributed by atoms with Crippen LogP contribution in [-0.2, 0) is 9.53 Å². The number of halogens is 2. The third-order valence-electron chi connectivity index (χ3n) is 2.91. The van der Waals surface area contributed by atoms with Crippen LogP contribution >= 0.6 is 11.6 Å². The van der Waals surface area contributed by atoms with Crippen molar-refractivity contribution >= 4 is 17.6 Å². The van der Waals surface area contributed by atoms with Crippen molar-refractivity contribution in [2.75, 3.05) is 7.11 Å². The van der Waals surface area contributed by atoms with Crippen LogP contribution in [0.4, 0.5) is 4.39 Å². The Kier molecular flexibility index (Phi) is 4.19. The van der Waals surface area contributed by atoms with E-state index in [0.717, 1.165) is 6.07 Å². The normalized spacial score (nSPS) is 13.2. The number of hydrogen-bond donors (Lipinski definition) is 2. The monoisotopic (exact) mass is 275 g/mol. The molecule has 100 valence electrons. The Labute approximate surface area is 109 Å². The highest BCUT2D eigenvalue weighted by molar-refractivity contribution is 6.32. The zero-order valence-corrected chi connectivity index (χ0v) is 11.1. The third kappa shape index (κ3) is 2.42. The highest BCUT2D eigenvalue weighted by Crippen LogP contribution is 2.40. The minimum Gasteiger partial charge on any atom is -0.506 e. The van der Waals surface area contributed by atoms with Crippen molar-refractivity contribution in [3.8, 4) is 5.75 Å². The van der Waals surface area contributed by atoms with E-state index >= 15 is 0 Å². The molecule has 0 aliphatic heterocycles. The molecule has 0 bridgehead atoms. The molecule has 0 aliphatic carbocycles. The van der Waals surface area contributed by atoms with E-state index in [1.807, 2.05) is 0 Å². The van der Waals surface area contributed by atoms with Crippen LogP contribution in [0.2, 0.25) is 5.02 Å². The molecule has 1 aromatic rings. The predicted octanol–water partition coefficient (Wildman–Crippen LogP) is 2.38. The first kappa shape index (κ1) is 14.7. The lowest BCUT2D eigenvalue weighted by Crippen LogP contribution is -2.38. The number of phenols is 1. The number of nitrogens with two attached hydrogens (primary N) is 1. The number of hydrogen-bond acceptors (Lipinski definition) is 4. The van der Waals surface area contributed by atoms with Gasteiger partial charge in [-0.15, -0.1) is 0 Å². The van der Waals surface area contributed by atoms with Crippen molar-refractivity contribution < 1.29 is 19.0 Å². The highest BCUT2D eigenvalue weighted by Gasteiger charge is 2.39. The molecule has 6 heteroatoms. The molecule has 4 nitrogen and oxygen atoms in total. The highest BCUT2D eigenvalue weighted by atomic mass is 35.5. The molecule has 0 radical (unpaired) electrons. The summed E-state index contributed by atoms with van der Waals surface area (Å²) in [7, 11) is 1.21. The summed E-state index contributed by atoms with van der Waals surface area (Å²) in [5, 5.41) is 9.74. The van der Waals surface area contributed by atoms with E-state index in [0.29, 0.717) is 0 Å². The number of esters is 1. The number of methoxy groups -OCH3 is 1. The van der Waals surface area contributed by atoms with E-state index in [1.54, 1.807) is 0 Å². The first-order chi connectivity index (χ1) is 8.23. The number of aromatic hydroxyl groups is 1. The van der Waals surface area contributed by atoms with Gasteiger partial charge in [0.25, 0.3) is 0 Å². The van der Waals surface area contributed by atoms with Crippen LogP contribution in [0.15, 0.2) is 12.1 Å². The number of carbonyl (C=O) groups excluding carboxylic acids is 1. The van der Waals surface area contributed by atoms with Crippen LogP contribution < -0.4 is 5.73 Å². The molecule has 1 aromatic carbocycles. The van der Waals surface area contributed by atoms with E-state index < -0.39 is 29.0 Å². The van der Waals surface area contributed by atoms with Gasteiger partial charge >= 0.3 is 5.97 Å². The fourth-order valence-electron chi connectivity index (χ4n) is 1.60. The molecule has 18 heavy (non-hydrogen) atoms. The number of carbonyl (C=O) groups is 1. The maximum Gasteiger partial charge on any atom is 0.313 e. The zero-order valence-electron chi connectivity index (χ0n) is 10.3. The zero-order chi connectivity index (χ0) is 14.1. The quantitative estimate of drug-likeness (QED) is 0.831. The van der Waals surface area contributed by atoms with E-state index in [-0.39, 0.29) is 10.6 Å². The molecule has 1 atom stereocenters. The SMILES string of the molecule is COC(=O)C(C)(C)[C@@H](N)c1c(F)ccc(Cl)c1O. The molecule has 0 saturated heterocycles. The molecule has 0 aliphatic rings. The maximum absolute atomic E-state index is 13.7. The van der Waals surface area contributed by atoms with Gasteiger partial charge in [-0.3, -0.25) is 4.79 Å². The van der Waals surface area contributed by atoms with Gasteiger partial charge in [-0.25, -0.2) is 4.39 Å². The Morgan fingerprint density at radius 3 is 2.61 bits per heavy atom. The molecule has 0 saturated carbocycles. The molecule has 0 aromatic heterocycles. The third-order valence-corrected chi connectivity index (χ3v) is 3.22. The number of ether oxygens (including phenoxy) is 1. The van der Waals surface area contributed by atoms with E-state index in [9.17, 15) is 14.3 Å². The molecular weight excluding hydrogens is 261 g/mol. The lowest BCUT2D eigenvalue weighted by Gasteiger charge is -2.29. The van der Waals surface area contributed by atoms with Crippen molar-refractivity contribution in [2.24, 2.45) is 11.1 Å². The standard InChI is InChI=1S/C12H15ClFNO3/c1-12(2,11(17)18-3)10(15)8-7(14)5-4-6(13)9(8)16/h4-5,10,16H,15H2,1-3H3/t10-/m0/s1. The lowest BCUT2D eigenvalue weighted by atomic mass is 9.80. The minimum atomic E-state index is -1.20. The topological polar surface area (TPSA) is 72.5 Å². The van der Waals surface area contributed by atoms with Gasteiger partial charge in [0.05, 0.1) is 23.6 Å². The van der Waals surface area contributed by atoms with Gasteiger partial charge in [0, 0.05) is 5.56 Å². The second-order valence-electron chi connectivity index (χ2n) is 4.48. The number of phenolic OH excluding ortho intramolecular Hbond substituents is 1. The lowest BCUT2D eigenvalue weighted by molar-refractivity contribution is -0.152. The second-order valence-corrected chi connectivity index (χ2v) is 4.89. The Balaban J connectivity index is 3.31. The molecule has 3 N–H and O–H groups in total. The van der Waals surface area contributed by atoms with E-state index in [4.69, 9.17) is 17.3 Å². The van der Waals surface area contributed by atoms with Crippen LogP contribution in [0.3, 0.4) is 0 Å². The number of benzene rings is 1. The summed E-state index contributed by atoms with van der Waals surface area (Å²) >= 11 is 5.71. The predicted molar refractivity (Wildman–Crippen MR) is 65.8 cm³/mol. The van der Waals surface area contributed by atoms with Gasteiger partial charge in [-0.1, -0.05) is 11.6 Å². The first-order valence-corrected chi connectivity index (χ1v) is 5.62. The average molecular weight is 276 g/mol. The van der Waals surface area contributed by atoms with Crippen LogP contribution in [-0.4, -0.2) is 18.2 Å². The van der Waals surface area contributed by atoms with Crippen LogP contribution in [0.5, 0.6) is 5.75 Å². The van der Waals surface area contributed by atoms with Crippen LogP contribution in [0.25, 0.3) is 0 Å². The Morgan fingerprint density at radius 1 is 1.56 bits per heavy atom. The smallest absolute Gasteiger partial charge is 0.313 e. The van der Waals surface area contributed by atoms with Gasteiger partial charge < -0.3 is 15.6 Å². The van der Waals surface area contributed by atoms with E-state index in [1.165, 1.54) is 27.0 Å². The molecule has 0 amide bonds. The van der Waals surface area contributed by atoms with Crippen LogP contribution in [0.1, 0.15) is 25.5 Å². The molecule has 0 heterocycles. The summed E-state index contributed by atoms with van der Waals surface area (Å²) in [6.07, 6.45) is 0. The van der Waals surface area contributed by atoms with Gasteiger partial charge in [0.2, 0.25) is 0 Å². The fourth-order valence-corrected chi connectivity index (χ4v) is 1.77. The minimum absolute atomic E-state index is 0.0254. The summed E-state index contributed by atoms with van der Waals surface area (Å²) in [6, 6.07) is 1.22. The van der Waals surface area contributed by atoms with Crippen molar-refractivity contribution in [3.05, 3.63) is 28.5 Å². The molecule has 0 fully saturated rings. The Bertz CT molecular complexity index is 477. The van der Waals surface area contributed by atoms with Crippen molar-refractivity contribution in [2.45, 2.75) is 19.9 Å². The average Bonchev–Trinajstić information content (AvgIpc) is 2.33. The molecule has 0 unspecified atom stereocenters. The van der Waals surface area contributed by atoms with Crippen molar-refractivity contribution in [1.29, 1.82) is 0 Å². The summed E-state index contributed by atoms with van der Waals surface area (Å²) < 4.78 is 18.3. The van der Waals surface area contributed by atoms with E-state index in [2.05, 4.69) is 4.74 Å². The molecule has 1 rings (SSSR count). The second kappa shape index (κ2) is 5.12. The molecular formula is C12H15ClFNO3.